The van der Waals surface area contributed by atoms with Crippen LogP contribution in [0.25, 0.3) is 0 Å². The van der Waals surface area contributed by atoms with E-state index in [2.05, 4.69) is 0 Å². The van der Waals surface area contributed by atoms with Crippen LogP contribution in [0.4, 0.5) is 4.79 Å². The highest BCUT2D eigenvalue weighted by Crippen LogP contribution is 2.34. The van der Waals surface area contributed by atoms with Crippen LogP contribution in [0.2, 0.25) is 0 Å². The first-order chi connectivity index (χ1) is 5.75. The molecule has 0 aromatic carbocycles. The van der Waals surface area contributed by atoms with Crippen molar-refractivity contribution in [1.29, 1.82) is 0 Å². The van der Waals surface area contributed by atoms with Gasteiger partial charge in [0.15, 0.2) is 0 Å². The lowest BCUT2D eigenvalue weighted by molar-refractivity contribution is 0.216. The summed E-state index contributed by atoms with van der Waals surface area (Å²) in [6, 6.07) is 0. The van der Waals surface area contributed by atoms with Gasteiger partial charge in [-0.1, -0.05) is 0 Å². The molecule has 3 heteroatoms. The molecule has 0 bridgehead atoms. The summed E-state index contributed by atoms with van der Waals surface area (Å²) in [6.07, 6.45) is 5.13. The van der Waals surface area contributed by atoms with Crippen molar-refractivity contribution in [2.24, 2.45) is 11.8 Å². The minimum absolute atomic E-state index is 0.256. The smallest absolute Gasteiger partial charge is 0.316 e. The van der Waals surface area contributed by atoms with Gasteiger partial charge < -0.3 is 4.90 Å². The lowest BCUT2D eigenvalue weighted by atomic mass is 10.3. The molecular weight excluding hydrogens is 174 g/mol. The maximum atomic E-state index is 11.0. The zero-order valence-corrected chi connectivity index (χ0v) is 7.89. The molecule has 0 aromatic heterocycles. The van der Waals surface area contributed by atoms with Crippen LogP contribution in [0.1, 0.15) is 25.7 Å². The Balaban J connectivity index is 1.77. The van der Waals surface area contributed by atoms with Crippen molar-refractivity contribution in [3.63, 3.8) is 0 Å². The van der Waals surface area contributed by atoms with Crippen LogP contribution in [0.15, 0.2) is 0 Å². The monoisotopic (exact) mass is 187 g/mol. The molecule has 2 nitrogen and oxygen atoms in total. The topological polar surface area (TPSA) is 20.3 Å². The largest absolute Gasteiger partial charge is 0.329 e. The van der Waals surface area contributed by atoms with Gasteiger partial charge in [-0.05, 0) is 49.1 Å². The molecule has 2 aliphatic rings. The molecule has 1 amide bonds. The third-order valence-electron chi connectivity index (χ3n) is 2.60. The molecule has 68 valence electrons. The van der Waals surface area contributed by atoms with E-state index in [0.717, 1.165) is 24.9 Å². The number of halogens is 1. The maximum absolute atomic E-state index is 11.0. The van der Waals surface area contributed by atoms with Crippen LogP contribution in [-0.4, -0.2) is 23.4 Å². The zero-order valence-electron chi connectivity index (χ0n) is 7.13. The molecule has 2 aliphatic carbocycles. The predicted molar refractivity (Wildman–Crippen MR) is 48.3 cm³/mol. The van der Waals surface area contributed by atoms with Crippen molar-refractivity contribution in [3.8, 4) is 0 Å². The van der Waals surface area contributed by atoms with Gasteiger partial charge in [0.2, 0.25) is 0 Å². The number of rotatable bonds is 4. The maximum Gasteiger partial charge on any atom is 0.316 e. The van der Waals surface area contributed by atoms with E-state index in [1.54, 1.807) is 0 Å². The minimum Gasteiger partial charge on any atom is -0.329 e. The lowest BCUT2D eigenvalue weighted by Gasteiger charge is -2.18. The molecule has 0 radical (unpaired) electrons. The van der Waals surface area contributed by atoms with E-state index >= 15 is 0 Å². The highest BCUT2D eigenvalue weighted by Gasteiger charge is 2.30. The molecule has 0 saturated heterocycles. The van der Waals surface area contributed by atoms with Gasteiger partial charge in [-0.25, -0.2) is 0 Å². The van der Waals surface area contributed by atoms with Gasteiger partial charge in [-0.15, -0.1) is 0 Å². The van der Waals surface area contributed by atoms with E-state index in [9.17, 15) is 4.79 Å². The van der Waals surface area contributed by atoms with E-state index in [1.165, 1.54) is 25.7 Å². The van der Waals surface area contributed by atoms with Crippen LogP contribution in [-0.2, 0) is 0 Å². The Labute approximate surface area is 77.9 Å². The summed E-state index contributed by atoms with van der Waals surface area (Å²) in [5.74, 6) is 1.51. The molecule has 2 saturated carbocycles. The first-order valence-corrected chi connectivity index (χ1v) is 5.08. The van der Waals surface area contributed by atoms with E-state index in [-0.39, 0.29) is 5.37 Å². The number of amides is 1. The van der Waals surface area contributed by atoms with Crippen molar-refractivity contribution in [2.45, 2.75) is 25.7 Å². The summed E-state index contributed by atoms with van der Waals surface area (Å²) in [7, 11) is 0. The van der Waals surface area contributed by atoms with Crippen LogP contribution < -0.4 is 0 Å². The average Bonchev–Trinajstić information content (AvgIpc) is 2.78. The number of nitrogens with zero attached hydrogens (tertiary/aromatic N) is 1. The van der Waals surface area contributed by atoms with Gasteiger partial charge in [0, 0.05) is 13.1 Å². The van der Waals surface area contributed by atoms with E-state index in [4.69, 9.17) is 11.6 Å². The summed E-state index contributed by atoms with van der Waals surface area (Å²) in [4.78, 5) is 12.8. The first-order valence-electron chi connectivity index (χ1n) is 4.70. The van der Waals surface area contributed by atoms with Crippen LogP contribution in [0.5, 0.6) is 0 Å². The normalized spacial score (nSPS) is 22.4. The molecule has 0 N–H and O–H groups in total. The summed E-state index contributed by atoms with van der Waals surface area (Å²) in [5.41, 5.74) is 0. The van der Waals surface area contributed by atoms with Crippen molar-refractivity contribution in [1.82, 2.24) is 4.90 Å². The quantitative estimate of drug-likeness (QED) is 0.489. The molecule has 0 atom stereocenters. The lowest BCUT2D eigenvalue weighted by Crippen LogP contribution is -2.30. The second-order valence-corrected chi connectivity index (χ2v) is 4.37. The van der Waals surface area contributed by atoms with Crippen molar-refractivity contribution in [2.75, 3.05) is 13.1 Å². The molecule has 0 spiro atoms. The van der Waals surface area contributed by atoms with Gasteiger partial charge in [-0.2, -0.15) is 0 Å². The predicted octanol–water partition coefficient (Wildman–Crippen LogP) is 2.47. The number of carbonyl (C=O) groups excluding carboxylic acids is 1. The Morgan fingerprint density at radius 3 is 1.83 bits per heavy atom. The highest BCUT2D eigenvalue weighted by atomic mass is 35.5. The molecule has 2 fully saturated rings. The highest BCUT2D eigenvalue weighted by molar-refractivity contribution is 6.62. The molecule has 12 heavy (non-hydrogen) atoms. The second kappa shape index (κ2) is 3.25. The van der Waals surface area contributed by atoms with Crippen molar-refractivity contribution in [3.05, 3.63) is 0 Å². The fourth-order valence-electron chi connectivity index (χ4n) is 1.44. The third-order valence-corrected chi connectivity index (χ3v) is 2.84. The van der Waals surface area contributed by atoms with Crippen LogP contribution >= 0.6 is 11.6 Å². The Kier molecular flexibility index (Phi) is 2.26. The van der Waals surface area contributed by atoms with Gasteiger partial charge in [0.25, 0.3) is 0 Å². The summed E-state index contributed by atoms with van der Waals surface area (Å²) in [5, 5.41) is -0.256. The summed E-state index contributed by atoms with van der Waals surface area (Å²) < 4.78 is 0. The Hall–Kier alpha value is -0.240. The van der Waals surface area contributed by atoms with Crippen LogP contribution in [0, 0.1) is 11.8 Å². The van der Waals surface area contributed by atoms with Crippen molar-refractivity contribution < 1.29 is 4.79 Å². The fourth-order valence-corrected chi connectivity index (χ4v) is 1.58. The van der Waals surface area contributed by atoms with E-state index in [0.29, 0.717) is 0 Å². The molecule has 0 aliphatic heterocycles. The van der Waals surface area contributed by atoms with E-state index < -0.39 is 0 Å². The summed E-state index contributed by atoms with van der Waals surface area (Å²) in [6.45, 7) is 1.80. The standard InChI is InChI=1S/C9H14ClNO/c10-9(12)11(5-7-1-2-7)6-8-3-4-8/h7-8H,1-6H2. The number of carbonyl (C=O) groups is 1. The fraction of sp³-hybridized carbons (Fsp3) is 0.889. The zero-order chi connectivity index (χ0) is 8.55. The molecule has 2 rings (SSSR count). The molecule has 0 unspecified atom stereocenters. The number of hydrogen-bond acceptors (Lipinski definition) is 1. The average molecular weight is 188 g/mol. The second-order valence-electron chi connectivity index (χ2n) is 4.04. The van der Waals surface area contributed by atoms with Gasteiger partial charge in [0.05, 0.1) is 0 Å². The van der Waals surface area contributed by atoms with Gasteiger partial charge >= 0.3 is 5.37 Å². The van der Waals surface area contributed by atoms with Gasteiger partial charge in [0.1, 0.15) is 0 Å². The Bertz CT molecular complexity index is 173. The Morgan fingerprint density at radius 2 is 1.58 bits per heavy atom. The van der Waals surface area contributed by atoms with Crippen molar-refractivity contribution >= 4 is 17.0 Å². The Morgan fingerprint density at radius 1 is 1.17 bits per heavy atom. The molecule has 0 aromatic rings. The van der Waals surface area contributed by atoms with Gasteiger partial charge in [-0.3, -0.25) is 4.79 Å². The number of hydrogen-bond donors (Lipinski definition) is 0. The molecule has 0 heterocycles. The minimum atomic E-state index is -0.256. The molecular formula is C9H14ClNO. The van der Waals surface area contributed by atoms with Crippen LogP contribution in [0.3, 0.4) is 0 Å². The SMILES string of the molecule is O=C(Cl)N(CC1CC1)CC1CC1. The first kappa shape index (κ1) is 8.36. The summed E-state index contributed by atoms with van der Waals surface area (Å²) >= 11 is 5.47. The van der Waals surface area contributed by atoms with E-state index in [1.807, 2.05) is 4.90 Å². The third kappa shape index (κ3) is 2.37.